The summed E-state index contributed by atoms with van der Waals surface area (Å²) in [4.78, 5) is 20.1. The van der Waals surface area contributed by atoms with Gasteiger partial charge in [-0.15, -0.1) is 26.7 Å². The number of thiazole rings is 1. The third-order valence-corrected chi connectivity index (χ3v) is 8.47. The molecule has 2 aromatic heterocycles. The van der Waals surface area contributed by atoms with Gasteiger partial charge in [0.05, 0.1) is 22.7 Å². The second-order valence-corrected chi connectivity index (χ2v) is 11.2. The van der Waals surface area contributed by atoms with Crippen molar-refractivity contribution >= 4 is 76.8 Å². The summed E-state index contributed by atoms with van der Waals surface area (Å²) in [5, 5.41) is 18.8. The molecule has 11 heteroatoms. The van der Waals surface area contributed by atoms with Crippen LogP contribution in [0, 0.1) is 5.82 Å². The molecule has 5 aromatic rings. The highest BCUT2D eigenvalue weighted by atomic mass is 32.1. The van der Waals surface area contributed by atoms with Crippen LogP contribution in [0.3, 0.4) is 0 Å². The number of carbonyl (C=O) groups is 1. The quantitative estimate of drug-likeness (QED) is 0.0872. The van der Waals surface area contributed by atoms with Gasteiger partial charge in [0, 0.05) is 35.6 Å². The Morgan fingerprint density at radius 2 is 1.68 bits per heavy atom. The summed E-state index contributed by atoms with van der Waals surface area (Å²) in [5.41, 5.74) is 2.24. The van der Waals surface area contributed by atoms with Gasteiger partial charge in [-0.1, -0.05) is 48.9 Å². The van der Waals surface area contributed by atoms with Crippen molar-refractivity contribution in [1.82, 2.24) is 4.98 Å². The molecular formula is C30H29FN6O2S2. The number of anilines is 1. The summed E-state index contributed by atoms with van der Waals surface area (Å²) in [5.74, 6) is -0.889. The summed E-state index contributed by atoms with van der Waals surface area (Å²) in [6.07, 6.45) is 1.79. The van der Waals surface area contributed by atoms with Crippen molar-refractivity contribution in [2.45, 2.75) is 33.6 Å². The first-order valence-electron chi connectivity index (χ1n) is 13.5. The molecule has 0 aliphatic rings. The minimum Gasteiger partial charge on any atom is -0.462 e. The minimum atomic E-state index is -0.549. The molecule has 0 fully saturated rings. The second kappa shape index (κ2) is 13.0. The standard InChI is InChI=1S/C30H29FN6O2S2/c1-4-7-16-39-29(38)26-18-25-28(40-26)32-30(41-25)36-34-24-17-23(31)27(22-11-9-8-10-21(22)24)35-33-19-12-14-20(15-13-19)37(5-2)6-3/h8-15,17-18H,4-7,16H2,1-3H3. The van der Waals surface area contributed by atoms with Crippen molar-refractivity contribution in [3.05, 3.63) is 71.4 Å². The van der Waals surface area contributed by atoms with Crippen molar-refractivity contribution in [2.75, 3.05) is 24.6 Å². The number of nitrogens with zero attached hydrogens (tertiary/aromatic N) is 6. The van der Waals surface area contributed by atoms with Crippen LogP contribution in [0.15, 0.2) is 81.1 Å². The minimum absolute atomic E-state index is 0.139. The maximum Gasteiger partial charge on any atom is 0.348 e. The number of unbranched alkanes of at least 4 members (excludes halogenated alkanes) is 1. The molecule has 0 saturated heterocycles. The molecule has 0 amide bonds. The molecule has 0 unspecified atom stereocenters. The van der Waals surface area contributed by atoms with E-state index in [9.17, 15) is 4.79 Å². The Morgan fingerprint density at radius 3 is 2.39 bits per heavy atom. The van der Waals surface area contributed by atoms with Gasteiger partial charge >= 0.3 is 5.97 Å². The molecule has 5 rings (SSSR count). The van der Waals surface area contributed by atoms with Gasteiger partial charge in [-0.05, 0) is 50.6 Å². The predicted octanol–water partition coefficient (Wildman–Crippen LogP) is 10.3. The summed E-state index contributed by atoms with van der Waals surface area (Å²) < 4.78 is 21.4. The molecule has 0 atom stereocenters. The average Bonchev–Trinajstić information content (AvgIpc) is 3.56. The average molecular weight is 589 g/mol. The largest absolute Gasteiger partial charge is 0.462 e. The van der Waals surface area contributed by atoms with E-state index in [1.54, 1.807) is 12.1 Å². The van der Waals surface area contributed by atoms with Crippen LogP contribution in [0.1, 0.15) is 43.3 Å². The second-order valence-electron chi connectivity index (χ2n) is 9.13. The molecule has 0 radical (unpaired) electrons. The van der Waals surface area contributed by atoms with Crippen LogP contribution in [-0.2, 0) is 4.74 Å². The van der Waals surface area contributed by atoms with E-state index < -0.39 is 5.82 Å². The van der Waals surface area contributed by atoms with Crippen molar-refractivity contribution in [3.63, 3.8) is 0 Å². The van der Waals surface area contributed by atoms with Gasteiger partial charge in [-0.25, -0.2) is 14.2 Å². The highest BCUT2D eigenvalue weighted by Gasteiger charge is 2.16. The van der Waals surface area contributed by atoms with Crippen LogP contribution in [-0.4, -0.2) is 30.6 Å². The predicted molar refractivity (Wildman–Crippen MR) is 165 cm³/mol. The Morgan fingerprint density at radius 1 is 0.927 bits per heavy atom. The summed E-state index contributed by atoms with van der Waals surface area (Å²) in [6, 6.07) is 18.1. The van der Waals surface area contributed by atoms with E-state index >= 15 is 4.39 Å². The number of aromatic nitrogens is 1. The van der Waals surface area contributed by atoms with E-state index in [1.807, 2.05) is 49.4 Å². The van der Waals surface area contributed by atoms with E-state index in [0.717, 1.165) is 36.3 Å². The van der Waals surface area contributed by atoms with Crippen LogP contribution in [0.4, 0.5) is 32.3 Å². The van der Waals surface area contributed by atoms with Gasteiger partial charge in [0.2, 0.25) is 5.13 Å². The number of hydrogen-bond acceptors (Lipinski definition) is 10. The number of thiophene rings is 1. The van der Waals surface area contributed by atoms with Crippen LogP contribution in [0.25, 0.3) is 20.3 Å². The smallest absolute Gasteiger partial charge is 0.348 e. The number of carbonyl (C=O) groups excluding carboxylic acids is 1. The number of rotatable bonds is 11. The Labute approximate surface area is 245 Å². The van der Waals surface area contributed by atoms with E-state index in [-0.39, 0.29) is 11.7 Å². The number of halogens is 1. The Hall–Kier alpha value is -4.09. The fourth-order valence-corrected chi connectivity index (χ4v) is 6.19. The zero-order valence-corrected chi connectivity index (χ0v) is 24.6. The zero-order chi connectivity index (χ0) is 28.8. The third-order valence-electron chi connectivity index (χ3n) is 6.45. The molecule has 0 aliphatic heterocycles. The molecule has 41 heavy (non-hydrogen) atoms. The van der Waals surface area contributed by atoms with Gasteiger partial charge in [0.15, 0.2) is 5.82 Å². The molecular weight excluding hydrogens is 560 g/mol. The molecule has 0 spiro atoms. The lowest BCUT2D eigenvalue weighted by Gasteiger charge is -2.20. The van der Waals surface area contributed by atoms with Crippen LogP contribution in [0.2, 0.25) is 0 Å². The highest BCUT2D eigenvalue weighted by molar-refractivity contribution is 7.29. The monoisotopic (exact) mass is 588 g/mol. The lowest BCUT2D eigenvalue weighted by molar-refractivity contribution is 0.0505. The van der Waals surface area contributed by atoms with Gasteiger partial charge in [-0.2, -0.15) is 5.11 Å². The lowest BCUT2D eigenvalue weighted by Crippen LogP contribution is -2.21. The first kappa shape index (κ1) is 28.4. The molecule has 0 aliphatic carbocycles. The van der Waals surface area contributed by atoms with Gasteiger partial charge < -0.3 is 9.64 Å². The van der Waals surface area contributed by atoms with Crippen molar-refractivity contribution < 1.29 is 13.9 Å². The number of azo groups is 2. The van der Waals surface area contributed by atoms with Gasteiger partial charge in [0.25, 0.3) is 0 Å². The maximum atomic E-state index is 15.3. The number of esters is 1. The topological polar surface area (TPSA) is 91.9 Å². The molecule has 0 saturated carbocycles. The highest BCUT2D eigenvalue weighted by Crippen LogP contribution is 2.39. The first-order valence-corrected chi connectivity index (χ1v) is 15.1. The van der Waals surface area contributed by atoms with Crippen LogP contribution in [0.5, 0.6) is 0 Å². The number of benzene rings is 3. The van der Waals surface area contributed by atoms with E-state index in [4.69, 9.17) is 4.74 Å². The van der Waals surface area contributed by atoms with E-state index in [1.165, 1.54) is 28.7 Å². The van der Waals surface area contributed by atoms with E-state index in [2.05, 4.69) is 44.2 Å². The SMILES string of the molecule is CCCCOC(=O)c1cc2sc(N=Nc3cc(F)c(N=Nc4ccc(N(CC)CC)cc4)c4ccccc34)nc2s1. The normalized spacial score (nSPS) is 11.8. The maximum absolute atomic E-state index is 15.3. The van der Waals surface area contributed by atoms with E-state index in [0.29, 0.717) is 43.6 Å². The molecule has 0 bridgehead atoms. The van der Waals surface area contributed by atoms with Crippen molar-refractivity contribution in [1.29, 1.82) is 0 Å². The Kier molecular flexibility index (Phi) is 9.05. The van der Waals surface area contributed by atoms with Crippen molar-refractivity contribution in [3.8, 4) is 0 Å². The first-order chi connectivity index (χ1) is 20.0. The zero-order valence-electron chi connectivity index (χ0n) is 23.0. The summed E-state index contributed by atoms with van der Waals surface area (Å²) in [7, 11) is 0. The third kappa shape index (κ3) is 6.47. The van der Waals surface area contributed by atoms with Crippen LogP contribution < -0.4 is 4.90 Å². The molecule has 0 N–H and O–H groups in total. The summed E-state index contributed by atoms with van der Waals surface area (Å²) in [6.45, 7) is 8.49. The summed E-state index contributed by atoms with van der Waals surface area (Å²) >= 11 is 2.57. The Bertz CT molecular complexity index is 1690. The Balaban J connectivity index is 1.37. The fraction of sp³-hybridized carbons (Fsp3) is 0.267. The van der Waals surface area contributed by atoms with Crippen molar-refractivity contribution in [2.24, 2.45) is 20.5 Å². The fourth-order valence-electron chi connectivity index (χ4n) is 4.26. The molecule has 2 heterocycles. The van der Waals surface area contributed by atoms with Crippen LogP contribution >= 0.6 is 22.7 Å². The number of ether oxygens (including phenoxy) is 1. The molecule has 210 valence electrons. The molecule has 3 aromatic carbocycles. The molecule has 8 nitrogen and oxygen atoms in total. The number of hydrogen-bond donors (Lipinski definition) is 0. The number of fused-ring (bicyclic) bond motifs is 2. The van der Waals surface area contributed by atoms with Gasteiger partial charge in [0.1, 0.15) is 15.4 Å². The lowest BCUT2D eigenvalue weighted by atomic mass is 10.1. The van der Waals surface area contributed by atoms with Gasteiger partial charge in [-0.3, -0.25) is 0 Å².